The Bertz CT molecular complexity index is 934. The Balaban J connectivity index is 1.81. The van der Waals surface area contributed by atoms with E-state index in [1.165, 1.54) is 16.4 Å². The molecule has 0 N–H and O–H groups in total. The summed E-state index contributed by atoms with van der Waals surface area (Å²) in [6, 6.07) is 10.6. The summed E-state index contributed by atoms with van der Waals surface area (Å²) in [5.41, 5.74) is 0.895. The van der Waals surface area contributed by atoms with Crippen molar-refractivity contribution in [3.05, 3.63) is 59.2 Å². The molecule has 0 bridgehead atoms. The molecule has 1 aliphatic heterocycles. The lowest BCUT2D eigenvalue weighted by molar-refractivity contribution is -0.137. The van der Waals surface area contributed by atoms with Crippen LogP contribution in [0.5, 0.6) is 0 Å². The molecule has 0 radical (unpaired) electrons. The van der Waals surface area contributed by atoms with Gasteiger partial charge in [0.2, 0.25) is 10.0 Å². The summed E-state index contributed by atoms with van der Waals surface area (Å²) in [7, 11) is -3.67. The number of anilines is 1. The van der Waals surface area contributed by atoms with Crippen molar-refractivity contribution in [2.45, 2.75) is 24.9 Å². The highest BCUT2D eigenvalue weighted by atomic mass is 32.2. The van der Waals surface area contributed by atoms with Crippen molar-refractivity contribution in [2.24, 2.45) is 0 Å². The molecule has 0 unspecified atom stereocenters. The average Bonchev–Trinajstić information content (AvgIpc) is 2.63. The van der Waals surface area contributed by atoms with Crippen LogP contribution in [0.4, 0.5) is 18.9 Å². The Morgan fingerprint density at radius 3 is 2.19 bits per heavy atom. The molecule has 8 heteroatoms. The molecule has 0 aliphatic carbocycles. The molecule has 0 amide bonds. The van der Waals surface area contributed by atoms with Crippen LogP contribution in [-0.4, -0.2) is 38.9 Å². The summed E-state index contributed by atoms with van der Waals surface area (Å²) in [5, 5.41) is 0. The van der Waals surface area contributed by atoms with E-state index in [1.807, 2.05) is 13.0 Å². The van der Waals surface area contributed by atoms with Crippen LogP contribution in [0.15, 0.2) is 47.4 Å². The summed E-state index contributed by atoms with van der Waals surface area (Å²) in [6.45, 7) is 4.25. The van der Waals surface area contributed by atoms with Crippen LogP contribution in [-0.2, 0) is 16.2 Å². The zero-order valence-electron chi connectivity index (χ0n) is 15.1. The molecule has 1 saturated heterocycles. The van der Waals surface area contributed by atoms with E-state index in [1.54, 1.807) is 30.0 Å². The van der Waals surface area contributed by atoms with Crippen LogP contribution < -0.4 is 4.90 Å². The third kappa shape index (κ3) is 3.96. The average molecular weight is 398 g/mol. The number of para-hydroxylation sites is 1. The number of halogens is 3. The minimum absolute atomic E-state index is 0.0915. The number of piperazine rings is 1. The molecule has 1 aliphatic rings. The molecular weight excluding hydrogens is 377 g/mol. The Labute approximate surface area is 157 Å². The van der Waals surface area contributed by atoms with Gasteiger partial charge in [-0.05, 0) is 43.2 Å². The van der Waals surface area contributed by atoms with E-state index < -0.39 is 21.8 Å². The molecule has 0 saturated carbocycles. The lowest BCUT2D eigenvalue weighted by atomic mass is 10.1. The maximum atomic E-state index is 13.2. The fourth-order valence-corrected chi connectivity index (χ4v) is 5.01. The highest BCUT2D eigenvalue weighted by Crippen LogP contribution is 2.37. The van der Waals surface area contributed by atoms with Crippen LogP contribution >= 0.6 is 0 Å². The quantitative estimate of drug-likeness (QED) is 0.789. The van der Waals surface area contributed by atoms with Crippen molar-refractivity contribution < 1.29 is 21.6 Å². The number of benzene rings is 2. The van der Waals surface area contributed by atoms with Gasteiger partial charge in [-0.25, -0.2) is 8.42 Å². The summed E-state index contributed by atoms with van der Waals surface area (Å²) >= 11 is 0. The van der Waals surface area contributed by atoms with E-state index in [-0.39, 0.29) is 36.8 Å². The monoisotopic (exact) mass is 398 g/mol. The van der Waals surface area contributed by atoms with Crippen molar-refractivity contribution in [3.63, 3.8) is 0 Å². The van der Waals surface area contributed by atoms with E-state index >= 15 is 0 Å². The van der Waals surface area contributed by atoms with Crippen molar-refractivity contribution in [1.82, 2.24) is 4.31 Å². The Morgan fingerprint density at radius 2 is 1.56 bits per heavy atom. The lowest BCUT2D eigenvalue weighted by Crippen LogP contribution is -2.49. The van der Waals surface area contributed by atoms with Gasteiger partial charge in [0.25, 0.3) is 0 Å². The van der Waals surface area contributed by atoms with Crippen LogP contribution in [0.1, 0.15) is 16.7 Å². The van der Waals surface area contributed by atoms with E-state index in [2.05, 4.69) is 0 Å². The van der Waals surface area contributed by atoms with Crippen molar-refractivity contribution in [3.8, 4) is 0 Å². The molecule has 0 aromatic heterocycles. The van der Waals surface area contributed by atoms with Gasteiger partial charge in [0.1, 0.15) is 0 Å². The van der Waals surface area contributed by atoms with Gasteiger partial charge in [-0.15, -0.1) is 0 Å². The topological polar surface area (TPSA) is 40.6 Å². The summed E-state index contributed by atoms with van der Waals surface area (Å²) in [6.07, 6.45) is -4.45. The number of nitrogens with zero attached hydrogens (tertiary/aromatic N) is 2. The lowest BCUT2D eigenvalue weighted by Gasteiger charge is -2.36. The number of hydrogen-bond donors (Lipinski definition) is 0. The summed E-state index contributed by atoms with van der Waals surface area (Å²) in [4.78, 5) is 1.85. The highest BCUT2D eigenvalue weighted by Gasteiger charge is 2.36. The maximum absolute atomic E-state index is 13.2. The van der Waals surface area contributed by atoms with E-state index in [0.717, 1.165) is 11.6 Å². The van der Waals surface area contributed by atoms with Gasteiger partial charge in [0.05, 0.1) is 10.5 Å². The predicted molar refractivity (Wildman–Crippen MR) is 98.3 cm³/mol. The first-order chi connectivity index (χ1) is 12.6. The normalized spacial score (nSPS) is 16.6. The molecular formula is C19H21F3N2O2S. The zero-order chi connectivity index (χ0) is 19.8. The molecule has 1 heterocycles. The molecule has 2 aromatic carbocycles. The second-order valence-corrected chi connectivity index (χ2v) is 8.58. The summed E-state index contributed by atoms with van der Waals surface area (Å²) in [5.74, 6) is 0. The molecule has 1 fully saturated rings. The molecule has 3 rings (SSSR count). The number of aryl methyl sites for hydroxylation is 2. The number of sulfonamides is 1. The zero-order valence-corrected chi connectivity index (χ0v) is 15.9. The first kappa shape index (κ1) is 19.7. The number of rotatable bonds is 3. The minimum Gasteiger partial charge on any atom is -0.368 e. The largest absolute Gasteiger partial charge is 0.418 e. The third-order valence-corrected chi connectivity index (χ3v) is 6.79. The molecule has 146 valence electrons. The minimum atomic E-state index is -4.45. The Hall–Kier alpha value is -2.06. The predicted octanol–water partition coefficient (Wildman–Crippen LogP) is 3.83. The smallest absolute Gasteiger partial charge is 0.368 e. The standard InChI is InChI=1S/C19H21F3N2O2S/c1-14-7-8-15(2)18(13-14)27(25,26)24-11-9-23(10-12-24)17-6-4-3-5-16(17)19(20,21)22/h3-8,13H,9-12H2,1-2H3. The van der Waals surface area contributed by atoms with Gasteiger partial charge < -0.3 is 4.90 Å². The highest BCUT2D eigenvalue weighted by molar-refractivity contribution is 7.89. The SMILES string of the molecule is Cc1ccc(C)c(S(=O)(=O)N2CCN(c3ccccc3C(F)(F)F)CC2)c1. The second kappa shape index (κ2) is 7.16. The van der Waals surface area contributed by atoms with Gasteiger partial charge in [-0.2, -0.15) is 17.5 Å². The summed E-state index contributed by atoms with van der Waals surface area (Å²) < 4.78 is 67.0. The maximum Gasteiger partial charge on any atom is 0.418 e. The van der Waals surface area contributed by atoms with Crippen LogP contribution in [0.2, 0.25) is 0 Å². The molecule has 0 atom stereocenters. The van der Waals surface area contributed by atoms with Crippen molar-refractivity contribution in [1.29, 1.82) is 0 Å². The van der Waals surface area contributed by atoms with E-state index in [0.29, 0.717) is 5.56 Å². The number of hydrogen-bond acceptors (Lipinski definition) is 3. The first-order valence-corrected chi connectivity index (χ1v) is 10.0. The Morgan fingerprint density at radius 1 is 0.926 bits per heavy atom. The second-order valence-electron chi connectivity index (χ2n) is 6.67. The Kier molecular flexibility index (Phi) is 5.22. The fraction of sp³-hybridized carbons (Fsp3) is 0.368. The van der Waals surface area contributed by atoms with Crippen molar-refractivity contribution in [2.75, 3.05) is 31.1 Å². The van der Waals surface area contributed by atoms with Crippen LogP contribution in [0.25, 0.3) is 0 Å². The molecule has 4 nitrogen and oxygen atoms in total. The van der Waals surface area contributed by atoms with E-state index in [9.17, 15) is 21.6 Å². The first-order valence-electron chi connectivity index (χ1n) is 8.59. The van der Waals surface area contributed by atoms with E-state index in [4.69, 9.17) is 0 Å². The van der Waals surface area contributed by atoms with Gasteiger partial charge >= 0.3 is 6.18 Å². The number of alkyl halides is 3. The fourth-order valence-electron chi connectivity index (χ4n) is 3.28. The van der Waals surface area contributed by atoms with Crippen molar-refractivity contribution >= 4 is 15.7 Å². The van der Waals surface area contributed by atoms with Gasteiger partial charge in [-0.3, -0.25) is 0 Å². The van der Waals surface area contributed by atoms with Gasteiger partial charge in [0.15, 0.2) is 0 Å². The van der Waals surface area contributed by atoms with Gasteiger partial charge in [0, 0.05) is 31.9 Å². The molecule has 27 heavy (non-hydrogen) atoms. The molecule has 2 aromatic rings. The van der Waals surface area contributed by atoms with Crippen LogP contribution in [0, 0.1) is 13.8 Å². The van der Waals surface area contributed by atoms with Gasteiger partial charge in [-0.1, -0.05) is 24.3 Å². The van der Waals surface area contributed by atoms with Crippen LogP contribution in [0.3, 0.4) is 0 Å². The third-order valence-electron chi connectivity index (χ3n) is 4.75. The molecule has 0 spiro atoms.